The first kappa shape index (κ1) is 43.3. The molecular formula is C42H62NbO3. The van der Waals surface area contributed by atoms with Gasteiger partial charge >= 0.3 is 0 Å². The summed E-state index contributed by atoms with van der Waals surface area (Å²) in [5.41, 5.74) is 6.28. The number of para-hydroxylation sites is 3. The molecule has 1 aliphatic carbocycles. The Kier molecular flexibility index (Phi) is 20.7. The summed E-state index contributed by atoms with van der Waals surface area (Å²) >= 11 is 0. The zero-order valence-corrected chi connectivity index (χ0v) is 32.9. The van der Waals surface area contributed by atoms with Gasteiger partial charge in [-0.2, -0.15) is 0 Å². The molecule has 3 N–H and O–H groups in total. The second-order valence-electron chi connectivity index (χ2n) is 13.7. The van der Waals surface area contributed by atoms with Gasteiger partial charge in [-0.25, -0.2) is 0 Å². The van der Waals surface area contributed by atoms with E-state index < -0.39 is 0 Å². The summed E-state index contributed by atoms with van der Waals surface area (Å²) in [4.78, 5) is 0. The summed E-state index contributed by atoms with van der Waals surface area (Å²) in [5.74, 6) is 3.76. The summed E-state index contributed by atoms with van der Waals surface area (Å²) < 4.78 is 0. The van der Waals surface area contributed by atoms with E-state index in [-0.39, 0.29) is 22.4 Å². The van der Waals surface area contributed by atoms with Crippen LogP contribution in [-0.4, -0.2) is 15.3 Å². The fourth-order valence-electron chi connectivity index (χ4n) is 5.08. The Labute approximate surface area is 297 Å². The van der Waals surface area contributed by atoms with E-state index in [2.05, 4.69) is 107 Å². The zero-order chi connectivity index (χ0) is 34.3. The molecule has 3 aromatic carbocycles. The van der Waals surface area contributed by atoms with Gasteiger partial charge in [0.1, 0.15) is 17.2 Å². The molecule has 1 radical (unpaired) electrons. The van der Waals surface area contributed by atoms with Gasteiger partial charge in [0.2, 0.25) is 0 Å². The fraction of sp³-hybridized carbons (Fsp3) is 0.476. The van der Waals surface area contributed by atoms with Gasteiger partial charge in [-0.15, -0.1) is 0 Å². The molecule has 0 spiro atoms. The number of phenolic OH excluding ortho intramolecular Hbond substituents is 3. The molecular weight excluding hydrogens is 645 g/mol. The van der Waals surface area contributed by atoms with E-state index in [1.54, 1.807) is 0 Å². The van der Waals surface area contributed by atoms with E-state index in [4.69, 9.17) is 0 Å². The molecule has 3 nitrogen and oxygen atoms in total. The van der Waals surface area contributed by atoms with Gasteiger partial charge in [0.25, 0.3) is 0 Å². The van der Waals surface area contributed by atoms with Gasteiger partial charge < -0.3 is 15.3 Å². The number of hydrogen-bond acceptors (Lipinski definition) is 3. The first-order chi connectivity index (χ1) is 21.1. The minimum atomic E-state index is 0. The molecule has 1 aliphatic rings. The summed E-state index contributed by atoms with van der Waals surface area (Å²) in [7, 11) is 0. The molecule has 4 heteroatoms. The number of benzene rings is 3. The molecule has 4 rings (SSSR count). The summed E-state index contributed by atoms with van der Waals surface area (Å²) in [6.07, 6.45) is 11.0. The van der Waals surface area contributed by atoms with Crippen LogP contribution in [0.2, 0.25) is 0 Å². The number of aromatic hydroxyl groups is 3. The van der Waals surface area contributed by atoms with Crippen molar-refractivity contribution in [2.45, 2.75) is 131 Å². The van der Waals surface area contributed by atoms with Crippen LogP contribution in [0.1, 0.15) is 165 Å². The molecule has 0 saturated carbocycles. The first-order valence-corrected chi connectivity index (χ1v) is 16.9. The van der Waals surface area contributed by atoms with Crippen LogP contribution in [0, 0.1) is 0 Å². The third kappa shape index (κ3) is 14.0. The Morgan fingerprint density at radius 1 is 0.370 bits per heavy atom. The van der Waals surface area contributed by atoms with Crippen molar-refractivity contribution in [3.63, 3.8) is 0 Å². The van der Waals surface area contributed by atoms with Crippen molar-refractivity contribution in [1.29, 1.82) is 0 Å². The van der Waals surface area contributed by atoms with E-state index in [1.165, 1.54) is 12.8 Å². The molecule has 3 aromatic rings. The quantitative estimate of drug-likeness (QED) is 0.224. The molecule has 0 atom stereocenters. The first-order valence-electron chi connectivity index (χ1n) is 16.9. The molecule has 253 valence electrons. The van der Waals surface area contributed by atoms with E-state index >= 15 is 0 Å². The van der Waals surface area contributed by atoms with Crippen molar-refractivity contribution in [3.8, 4) is 17.2 Å². The smallest absolute Gasteiger partial charge is 0.122 e. The SMILES string of the molecule is C1=CCCC=C1.CC(C)c1cccc(C(C)C)c1O.CC(C)c1cccc(C(C)C)c1O.CC(C)c1cccc(C(C)C)c1O.[Nb]. The standard InChI is InChI=1S/3C12H18O.C6H8.Nb/c3*1-8(2)10-6-5-7-11(9(3)4)12(10)13;1-2-4-6-5-3-1;/h3*5-9,13H,1-4H3;1-4H,5-6H2;. The minimum absolute atomic E-state index is 0. The van der Waals surface area contributed by atoms with Gasteiger partial charge in [-0.1, -0.05) is 162 Å². The maximum absolute atomic E-state index is 9.93. The number of allylic oxidation sites excluding steroid dienone is 4. The Morgan fingerprint density at radius 2 is 0.543 bits per heavy atom. The van der Waals surface area contributed by atoms with E-state index in [0.717, 1.165) is 33.4 Å². The van der Waals surface area contributed by atoms with Gasteiger partial charge in [0.15, 0.2) is 0 Å². The second kappa shape index (κ2) is 22.0. The number of phenols is 3. The largest absolute Gasteiger partial charge is 0.507 e. The maximum atomic E-state index is 9.93. The van der Waals surface area contributed by atoms with Crippen LogP contribution < -0.4 is 0 Å². The predicted molar refractivity (Wildman–Crippen MR) is 196 cm³/mol. The van der Waals surface area contributed by atoms with Crippen molar-refractivity contribution in [2.24, 2.45) is 0 Å². The van der Waals surface area contributed by atoms with E-state index in [0.29, 0.717) is 52.8 Å². The number of rotatable bonds is 6. The maximum Gasteiger partial charge on any atom is 0.122 e. The Hall–Kier alpha value is -2.72. The molecule has 46 heavy (non-hydrogen) atoms. The molecule has 0 bridgehead atoms. The van der Waals surface area contributed by atoms with Gasteiger partial charge in [-0.05, 0) is 81.7 Å². The zero-order valence-electron chi connectivity index (χ0n) is 30.7. The Balaban J connectivity index is 0.000000599. The molecule has 0 aromatic heterocycles. The monoisotopic (exact) mass is 707 g/mol. The van der Waals surface area contributed by atoms with Crippen LogP contribution in [0.15, 0.2) is 78.9 Å². The molecule has 0 unspecified atom stereocenters. The molecule has 0 amide bonds. The Bertz CT molecular complexity index is 1110. The molecule has 0 heterocycles. The molecule has 0 saturated heterocycles. The number of hydrogen-bond donors (Lipinski definition) is 3. The third-order valence-electron chi connectivity index (χ3n) is 7.91. The van der Waals surface area contributed by atoms with Crippen LogP contribution in [0.3, 0.4) is 0 Å². The average Bonchev–Trinajstić information content (AvgIpc) is 2.98. The van der Waals surface area contributed by atoms with Crippen LogP contribution in [0.25, 0.3) is 0 Å². The third-order valence-corrected chi connectivity index (χ3v) is 7.91. The van der Waals surface area contributed by atoms with Crippen molar-refractivity contribution < 1.29 is 37.7 Å². The van der Waals surface area contributed by atoms with E-state index in [1.807, 2.05) is 54.6 Å². The van der Waals surface area contributed by atoms with E-state index in [9.17, 15) is 15.3 Å². The molecule has 0 aliphatic heterocycles. The van der Waals surface area contributed by atoms with Crippen molar-refractivity contribution in [3.05, 3.63) is 112 Å². The second-order valence-corrected chi connectivity index (χ2v) is 13.7. The summed E-state index contributed by atoms with van der Waals surface area (Å²) in [6.45, 7) is 25.2. The van der Waals surface area contributed by atoms with Gasteiger partial charge in [0.05, 0.1) is 0 Å². The molecule has 0 fully saturated rings. The normalized spacial score (nSPS) is 12.0. The van der Waals surface area contributed by atoms with Crippen LogP contribution in [-0.2, 0) is 22.4 Å². The predicted octanol–water partition coefficient (Wildman–Crippen LogP) is 12.8. The Morgan fingerprint density at radius 3 is 0.652 bits per heavy atom. The van der Waals surface area contributed by atoms with Crippen LogP contribution in [0.4, 0.5) is 0 Å². The van der Waals surface area contributed by atoms with Crippen molar-refractivity contribution in [2.75, 3.05) is 0 Å². The van der Waals surface area contributed by atoms with Gasteiger partial charge in [-0.3, -0.25) is 0 Å². The van der Waals surface area contributed by atoms with Crippen molar-refractivity contribution in [1.82, 2.24) is 0 Å². The fourth-order valence-corrected chi connectivity index (χ4v) is 5.08. The summed E-state index contributed by atoms with van der Waals surface area (Å²) in [5, 5.41) is 29.8. The topological polar surface area (TPSA) is 60.7 Å². The minimum Gasteiger partial charge on any atom is -0.507 e. The van der Waals surface area contributed by atoms with Gasteiger partial charge in [0, 0.05) is 22.4 Å². The summed E-state index contributed by atoms with van der Waals surface area (Å²) in [6, 6.07) is 18.0. The average molecular weight is 708 g/mol. The van der Waals surface area contributed by atoms with Crippen LogP contribution >= 0.6 is 0 Å². The van der Waals surface area contributed by atoms with Crippen LogP contribution in [0.5, 0.6) is 17.2 Å². The van der Waals surface area contributed by atoms with Crippen molar-refractivity contribution >= 4 is 0 Å².